The molecule has 4 aromatic rings. The van der Waals surface area contributed by atoms with Gasteiger partial charge in [-0.2, -0.15) is 0 Å². The van der Waals surface area contributed by atoms with Gasteiger partial charge >= 0.3 is 0 Å². The van der Waals surface area contributed by atoms with Crippen LogP contribution in [0.15, 0.2) is 47.7 Å². The van der Waals surface area contributed by atoms with Gasteiger partial charge in [-0.05, 0) is 38.1 Å². The highest BCUT2D eigenvalue weighted by Gasteiger charge is 2.17. The first-order chi connectivity index (χ1) is 15.0. The van der Waals surface area contributed by atoms with E-state index in [1.807, 2.05) is 25.3 Å². The molecule has 0 aromatic carbocycles. The molecule has 0 atom stereocenters. The number of rotatable bonds is 4. The fourth-order valence-corrected chi connectivity index (χ4v) is 4.29. The fraction of sp³-hybridized carbons (Fsp3) is 0.348. The lowest BCUT2D eigenvalue weighted by atomic mass is 10.2. The van der Waals surface area contributed by atoms with E-state index in [0.29, 0.717) is 16.9 Å². The molecule has 160 valence electrons. The highest BCUT2D eigenvalue weighted by molar-refractivity contribution is 5.64. The first-order valence-corrected chi connectivity index (χ1v) is 10.7. The van der Waals surface area contributed by atoms with E-state index >= 15 is 0 Å². The van der Waals surface area contributed by atoms with Crippen LogP contribution in [0.1, 0.15) is 19.0 Å². The van der Waals surface area contributed by atoms with Crippen LogP contribution in [0.2, 0.25) is 0 Å². The van der Waals surface area contributed by atoms with Crippen LogP contribution in [0.3, 0.4) is 0 Å². The standard InChI is InChI=1S/C23H25FN6O/c1-3-6-27-7-9-28(10-8-27)18-4-5-21-26-20(12-22(31)30(21)15-18)17-11-19(24)23-25-16(2)13-29(23)14-17/h4-5,11-15H,3,6-10H2,1-2H3. The summed E-state index contributed by atoms with van der Waals surface area (Å²) in [6.07, 6.45) is 6.52. The first-order valence-electron chi connectivity index (χ1n) is 10.7. The number of anilines is 1. The monoisotopic (exact) mass is 420 g/mol. The Morgan fingerprint density at radius 3 is 2.61 bits per heavy atom. The number of pyridine rings is 2. The number of fused-ring (bicyclic) bond motifs is 2. The van der Waals surface area contributed by atoms with Crippen molar-refractivity contribution in [2.75, 3.05) is 37.6 Å². The number of nitrogens with zero attached hydrogens (tertiary/aromatic N) is 6. The fourth-order valence-electron chi connectivity index (χ4n) is 4.29. The largest absolute Gasteiger partial charge is 0.368 e. The lowest BCUT2D eigenvalue weighted by Gasteiger charge is -2.35. The Kier molecular flexibility index (Phi) is 4.94. The zero-order chi connectivity index (χ0) is 21.5. The molecule has 0 aliphatic carbocycles. The Balaban J connectivity index is 1.48. The first kappa shape index (κ1) is 19.7. The summed E-state index contributed by atoms with van der Waals surface area (Å²) in [5.41, 5.74) is 3.35. The summed E-state index contributed by atoms with van der Waals surface area (Å²) in [7, 11) is 0. The normalized spacial score (nSPS) is 15.3. The lowest BCUT2D eigenvalue weighted by molar-refractivity contribution is 0.258. The molecule has 5 rings (SSSR count). The van der Waals surface area contributed by atoms with Crippen LogP contribution < -0.4 is 10.5 Å². The van der Waals surface area contributed by atoms with Crippen LogP contribution in [0.4, 0.5) is 10.1 Å². The van der Waals surface area contributed by atoms with E-state index in [1.165, 1.54) is 12.1 Å². The van der Waals surface area contributed by atoms with Crippen molar-refractivity contribution in [3.8, 4) is 11.3 Å². The van der Waals surface area contributed by atoms with Crippen molar-refractivity contribution in [1.82, 2.24) is 23.7 Å². The summed E-state index contributed by atoms with van der Waals surface area (Å²) in [5.74, 6) is -0.440. The third kappa shape index (κ3) is 3.67. The second-order valence-electron chi connectivity index (χ2n) is 8.11. The second-order valence-corrected chi connectivity index (χ2v) is 8.11. The smallest absolute Gasteiger partial charge is 0.258 e. The predicted molar refractivity (Wildman–Crippen MR) is 119 cm³/mol. The van der Waals surface area contributed by atoms with Crippen molar-refractivity contribution >= 4 is 17.0 Å². The number of aromatic nitrogens is 4. The summed E-state index contributed by atoms with van der Waals surface area (Å²) in [5, 5.41) is 0. The molecular weight excluding hydrogens is 395 g/mol. The molecule has 1 fully saturated rings. The molecule has 5 heterocycles. The molecule has 0 bridgehead atoms. The topological polar surface area (TPSA) is 58.2 Å². The van der Waals surface area contributed by atoms with Crippen molar-refractivity contribution < 1.29 is 4.39 Å². The number of hydrogen-bond donors (Lipinski definition) is 0. The van der Waals surface area contributed by atoms with E-state index in [0.717, 1.165) is 50.5 Å². The quantitative estimate of drug-likeness (QED) is 0.508. The van der Waals surface area contributed by atoms with Gasteiger partial charge in [-0.1, -0.05) is 6.92 Å². The average Bonchev–Trinajstić information content (AvgIpc) is 3.15. The highest BCUT2D eigenvalue weighted by Crippen LogP contribution is 2.22. The Bertz CT molecular complexity index is 1320. The third-order valence-corrected chi connectivity index (χ3v) is 5.84. The minimum atomic E-state index is -0.440. The lowest BCUT2D eigenvalue weighted by Crippen LogP contribution is -2.46. The van der Waals surface area contributed by atoms with Gasteiger partial charge in [-0.15, -0.1) is 0 Å². The van der Waals surface area contributed by atoms with Crippen molar-refractivity contribution in [3.05, 3.63) is 64.7 Å². The molecule has 1 aliphatic heterocycles. The molecule has 1 aliphatic rings. The minimum absolute atomic E-state index is 0.186. The molecule has 0 unspecified atom stereocenters. The van der Waals surface area contributed by atoms with Gasteiger partial charge in [-0.25, -0.2) is 14.4 Å². The number of aryl methyl sites for hydroxylation is 1. The van der Waals surface area contributed by atoms with Gasteiger partial charge in [-0.3, -0.25) is 14.1 Å². The summed E-state index contributed by atoms with van der Waals surface area (Å²) in [4.78, 5) is 26.4. The van der Waals surface area contributed by atoms with Gasteiger partial charge in [0.15, 0.2) is 11.5 Å². The number of imidazole rings is 1. The molecule has 7 nitrogen and oxygen atoms in total. The maximum atomic E-state index is 14.5. The van der Waals surface area contributed by atoms with Crippen molar-refractivity contribution in [2.24, 2.45) is 0 Å². The summed E-state index contributed by atoms with van der Waals surface area (Å²) in [6, 6.07) is 6.70. The van der Waals surface area contributed by atoms with E-state index < -0.39 is 5.82 Å². The maximum absolute atomic E-state index is 14.5. The van der Waals surface area contributed by atoms with Crippen LogP contribution in [-0.4, -0.2) is 56.4 Å². The maximum Gasteiger partial charge on any atom is 0.258 e. The van der Waals surface area contributed by atoms with E-state index in [2.05, 4.69) is 26.7 Å². The summed E-state index contributed by atoms with van der Waals surface area (Å²) in [6.45, 7) is 9.08. The van der Waals surface area contributed by atoms with E-state index in [4.69, 9.17) is 0 Å². The molecular formula is C23H25FN6O. The molecule has 1 saturated heterocycles. The Labute approximate surface area is 179 Å². The molecule has 0 radical (unpaired) electrons. The van der Waals surface area contributed by atoms with Gasteiger partial charge in [0.2, 0.25) is 0 Å². The van der Waals surface area contributed by atoms with Gasteiger partial charge < -0.3 is 9.30 Å². The number of piperazine rings is 1. The minimum Gasteiger partial charge on any atom is -0.368 e. The van der Waals surface area contributed by atoms with Crippen molar-refractivity contribution in [2.45, 2.75) is 20.3 Å². The van der Waals surface area contributed by atoms with Crippen LogP contribution >= 0.6 is 0 Å². The van der Waals surface area contributed by atoms with Gasteiger partial charge in [0.25, 0.3) is 5.56 Å². The molecule has 31 heavy (non-hydrogen) atoms. The summed E-state index contributed by atoms with van der Waals surface area (Å²) >= 11 is 0. The molecule has 0 N–H and O–H groups in total. The van der Waals surface area contributed by atoms with Crippen molar-refractivity contribution in [1.29, 1.82) is 0 Å². The molecule has 0 saturated carbocycles. The molecule has 4 aromatic heterocycles. The van der Waals surface area contributed by atoms with E-state index in [9.17, 15) is 9.18 Å². The second kappa shape index (κ2) is 7.77. The Morgan fingerprint density at radius 2 is 1.84 bits per heavy atom. The van der Waals surface area contributed by atoms with E-state index in [-0.39, 0.29) is 11.2 Å². The SMILES string of the molecule is CCCN1CCN(c2ccc3nc(-c4cc(F)c5nc(C)cn5c4)cc(=O)n3c2)CC1. The predicted octanol–water partition coefficient (Wildman–Crippen LogP) is 2.99. The van der Waals surface area contributed by atoms with Crippen LogP contribution in [0, 0.1) is 12.7 Å². The van der Waals surface area contributed by atoms with Crippen LogP contribution in [0.5, 0.6) is 0 Å². The molecule has 0 spiro atoms. The molecule has 8 heteroatoms. The van der Waals surface area contributed by atoms with E-state index in [1.54, 1.807) is 21.2 Å². The van der Waals surface area contributed by atoms with Crippen LogP contribution in [-0.2, 0) is 0 Å². The zero-order valence-corrected chi connectivity index (χ0v) is 17.8. The average molecular weight is 420 g/mol. The van der Waals surface area contributed by atoms with Gasteiger partial charge in [0.05, 0.1) is 17.1 Å². The van der Waals surface area contributed by atoms with Crippen molar-refractivity contribution in [3.63, 3.8) is 0 Å². The Morgan fingerprint density at radius 1 is 1.03 bits per heavy atom. The highest BCUT2D eigenvalue weighted by atomic mass is 19.1. The van der Waals surface area contributed by atoms with Crippen LogP contribution in [0.25, 0.3) is 22.6 Å². The third-order valence-electron chi connectivity index (χ3n) is 5.84. The summed E-state index contributed by atoms with van der Waals surface area (Å²) < 4.78 is 17.7. The number of hydrogen-bond acceptors (Lipinski definition) is 5. The zero-order valence-electron chi connectivity index (χ0n) is 17.8. The van der Waals surface area contributed by atoms with Gasteiger partial charge in [0.1, 0.15) is 5.65 Å². The Hall–Kier alpha value is -3.26. The molecule has 0 amide bonds. The number of halogens is 1. The van der Waals surface area contributed by atoms with Gasteiger partial charge in [0, 0.05) is 56.4 Å².